The first-order chi connectivity index (χ1) is 7.69. The lowest BCUT2D eigenvalue weighted by molar-refractivity contribution is 0.0599. The number of nitrogens with zero attached hydrogens (tertiary/aromatic N) is 2. The number of hydrogen-bond donors (Lipinski definition) is 2. The molecule has 0 aliphatic rings. The van der Waals surface area contributed by atoms with Gasteiger partial charge in [0, 0.05) is 12.4 Å². The number of hydrogen-bond acceptors (Lipinski definition) is 6. The van der Waals surface area contributed by atoms with Crippen LogP contribution in [-0.2, 0) is 4.74 Å². The zero-order valence-corrected chi connectivity index (χ0v) is 8.40. The van der Waals surface area contributed by atoms with E-state index < -0.39 is 11.8 Å². The number of hydrazone groups is 1. The lowest BCUT2D eigenvalue weighted by atomic mass is 10.3. The number of carbonyl (C=O) groups excluding carboxylic acids is 1. The lowest BCUT2D eigenvalue weighted by Crippen LogP contribution is -2.05. The Bertz CT molecular complexity index is 434. The van der Waals surface area contributed by atoms with E-state index in [4.69, 9.17) is 5.41 Å². The van der Waals surface area contributed by atoms with Crippen LogP contribution in [0.2, 0.25) is 0 Å². The third-order valence-electron chi connectivity index (χ3n) is 1.58. The minimum absolute atomic E-state index is 0.0154. The van der Waals surface area contributed by atoms with E-state index in [1.54, 1.807) is 0 Å². The van der Waals surface area contributed by atoms with Crippen LogP contribution in [0.4, 0.5) is 10.2 Å². The van der Waals surface area contributed by atoms with Gasteiger partial charge in [0.1, 0.15) is 0 Å². The quantitative estimate of drug-likeness (QED) is 0.454. The summed E-state index contributed by atoms with van der Waals surface area (Å²) in [5.41, 5.74) is 2.29. The van der Waals surface area contributed by atoms with Gasteiger partial charge < -0.3 is 10.1 Å². The van der Waals surface area contributed by atoms with E-state index >= 15 is 0 Å². The fourth-order valence-electron chi connectivity index (χ4n) is 0.885. The highest BCUT2D eigenvalue weighted by molar-refractivity contribution is 6.14. The molecule has 2 N–H and O–H groups in total. The molecule has 0 bridgehead atoms. The molecule has 0 atom stereocenters. The van der Waals surface area contributed by atoms with Crippen LogP contribution in [0.1, 0.15) is 10.4 Å². The van der Waals surface area contributed by atoms with Gasteiger partial charge in [-0.15, -0.1) is 0 Å². The van der Waals surface area contributed by atoms with Crippen molar-refractivity contribution >= 4 is 24.2 Å². The summed E-state index contributed by atoms with van der Waals surface area (Å²) in [5, 5.41) is 10.1. The molecule has 84 valence electrons. The number of carbonyl (C=O) groups is 1. The number of esters is 1. The van der Waals surface area contributed by atoms with Crippen LogP contribution in [-0.4, -0.2) is 30.5 Å². The second-order valence-corrected chi connectivity index (χ2v) is 2.60. The molecule has 0 aliphatic heterocycles. The zero-order chi connectivity index (χ0) is 12.0. The Kier molecular flexibility index (Phi) is 4.07. The molecule has 1 heterocycles. The van der Waals surface area contributed by atoms with E-state index in [1.165, 1.54) is 7.11 Å². The molecular formula is C9H9FN4O2. The maximum Gasteiger partial charge on any atom is 0.339 e. The first kappa shape index (κ1) is 11.8. The van der Waals surface area contributed by atoms with Gasteiger partial charge in [0.05, 0.1) is 18.9 Å². The summed E-state index contributed by atoms with van der Waals surface area (Å²) in [7, 11) is 1.20. The average Bonchev–Trinajstić information content (AvgIpc) is 2.30. The molecule has 1 aromatic heterocycles. The van der Waals surface area contributed by atoms with Gasteiger partial charge in [0.15, 0.2) is 11.6 Å². The van der Waals surface area contributed by atoms with Crippen molar-refractivity contribution in [1.29, 1.82) is 5.41 Å². The number of halogens is 1. The van der Waals surface area contributed by atoms with Crippen LogP contribution in [0.3, 0.4) is 0 Å². The highest BCUT2D eigenvalue weighted by Crippen LogP contribution is 2.12. The van der Waals surface area contributed by atoms with Crippen molar-refractivity contribution in [2.24, 2.45) is 5.10 Å². The van der Waals surface area contributed by atoms with E-state index in [1.807, 2.05) is 0 Å². The van der Waals surface area contributed by atoms with E-state index in [9.17, 15) is 9.18 Å². The average molecular weight is 224 g/mol. The van der Waals surface area contributed by atoms with Crippen molar-refractivity contribution in [3.05, 3.63) is 23.6 Å². The van der Waals surface area contributed by atoms with Gasteiger partial charge in [-0.1, -0.05) is 0 Å². The highest BCUT2D eigenvalue weighted by Gasteiger charge is 2.10. The number of methoxy groups -OCH3 is 1. The molecule has 7 heteroatoms. The van der Waals surface area contributed by atoms with Gasteiger partial charge in [0.2, 0.25) is 0 Å². The minimum Gasteiger partial charge on any atom is -0.465 e. The minimum atomic E-state index is -0.731. The summed E-state index contributed by atoms with van der Waals surface area (Å²) in [5.74, 6) is -1.53. The zero-order valence-electron chi connectivity index (χ0n) is 8.40. The molecule has 16 heavy (non-hydrogen) atoms. The second-order valence-electron chi connectivity index (χ2n) is 2.60. The molecule has 0 amide bonds. The molecule has 0 saturated carbocycles. The van der Waals surface area contributed by atoms with Crippen LogP contribution >= 0.6 is 0 Å². The molecular weight excluding hydrogens is 215 g/mol. The van der Waals surface area contributed by atoms with Crippen LogP contribution in [0, 0.1) is 11.2 Å². The summed E-state index contributed by atoms with van der Waals surface area (Å²) >= 11 is 0. The maximum atomic E-state index is 13.3. The third-order valence-corrected chi connectivity index (χ3v) is 1.58. The summed E-state index contributed by atoms with van der Waals surface area (Å²) in [4.78, 5) is 14.7. The number of pyridine rings is 1. The number of anilines is 1. The van der Waals surface area contributed by atoms with Crippen molar-refractivity contribution in [3.63, 3.8) is 0 Å². The summed E-state index contributed by atoms with van der Waals surface area (Å²) in [6, 6.07) is 0.987. The molecule has 0 unspecified atom stereocenters. The maximum absolute atomic E-state index is 13.3. The Morgan fingerprint density at radius 3 is 3.06 bits per heavy atom. The smallest absolute Gasteiger partial charge is 0.339 e. The molecule has 1 aromatic rings. The molecule has 0 saturated heterocycles. The van der Waals surface area contributed by atoms with E-state index in [-0.39, 0.29) is 11.4 Å². The van der Waals surface area contributed by atoms with Crippen LogP contribution < -0.4 is 5.43 Å². The van der Waals surface area contributed by atoms with Crippen molar-refractivity contribution in [2.45, 2.75) is 0 Å². The Hall–Kier alpha value is -2.31. The molecule has 0 aromatic carbocycles. The highest BCUT2D eigenvalue weighted by atomic mass is 19.1. The SMILES string of the molecule is COC(=O)c1cnc(N/N=C\C=N)c(F)c1. The van der Waals surface area contributed by atoms with Crippen LogP contribution in [0.5, 0.6) is 0 Å². The van der Waals surface area contributed by atoms with Gasteiger partial charge in [-0.25, -0.2) is 14.2 Å². The standard InChI is InChI=1S/C9H9FN4O2/c1-16-9(15)6-4-7(10)8(12-5-6)14-13-3-2-11/h2-5,11H,1H3,(H,12,14)/b11-2?,13-3-. The molecule has 0 aliphatic carbocycles. The number of nitrogens with one attached hydrogen (secondary N) is 2. The van der Waals surface area contributed by atoms with Crippen LogP contribution in [0.15, 0.2) is 17.4 Å². The third kappa shape index (κ3) is 2.84. The first-order valence-corrected chi connectivity index (χ1v) is 4.21. The van der Waals surface area contributed by atoms with Gasteiger partial charge in [-0.3, -0.25) is 5.43 Å². The van der Waals surface area contributed by atoms with Crippen molar-refractivity contribution < 1.29 is 13.9 Å². The van der Waals surface area contributed by atoms with Crippen molar-refractivity contribution in [3.8, 4) is 0 Å². The Balaban J connectivity index is 2.87. The molecule has 1 rings (SSSR count). The number of ether oxygens (including phenoxy) is 1. The fraction of sp³-hybridized carbons (Fsp3) is 0.111. The molecule has 6 nitrogen and oxygen atoms in total. The van der Waals surface area contributed by atoms with Gasteiger partial charge in [0.25, 0.3) is 0 Å². The largest absolute Gasteiger partial charge is 0.465 e. The van der Waals surface area contributed by atoms with Crippen molar-refractivity contribution in [2.75, 3.05) is 12.5 Å². The summed E-state index contributed by atoms with van der Waals surface area (Å²) < 4.78 is 17.7. The molecule has 0 spiro atoms. The fourth-order valence-corrected chi connectivity index (χ4v) is 0.885. The van der Waals surface area contributed by atoms with Gasteiger partial charge in [-0.05, 0) is 6.07 Å². The lowest BCUT2D eigenvalue weighted by Gasteiger charge is -2.02. The topological polar surface area (TPSA) is 87.4 Å². The first-order valence-electron chi connectivity index (χ1n) is 4.21. The number of rotatable bonds is 4. The number of aromatic nitrogens is 1. The summed E-state index contributed by atoms with van der Waals surface area (Å²) in [6.07, 6.45) is 3.21. The second kappa shape index (κ2) is 5.54. The molecule has 0 radical (unpaired) electrons. The normalized spacial score (nSPS) is 10.1. The van der Waals surface area contributed by atoms with Crippen LogP contribution in [0.25, 0.3) is 0 Å². The predicted octanol–water partition coefficient (Wildman–Crippen LogP) is 1.05. The van der Waals surface area contributed by atoms with Crippen molar-refractivity contribution in [1.82, 2.24) is 4.98 Å². The molecule has 0 fully saturated rings. The van der Waals surface area contributed by atoms with Gasteiger partial charge >= 0.3 is 5.97 Å². The van der Waals surface area contributed by atoms with E-state index in [0.717, 1.165) is 24.7 Å². The summed E-state index contributed by atoms with van der Waals surface area (Å²) in [6.45, 7) is 0. The van der Waals surface area contributed by atoms with E-state index in [0.29, 0.717) is 0 Å². The monoisotopic (exact) mass is 224 g/mol. The Morgan fingerprint density at radius 2 is 2.50 bits per heavy atom. The predicted molar refractivity (Wildman–Crippen MR) is 56.4 cm³/mol. The van der Waals surface area contributed by atoms with Gasteiger partial charge in [-0.2, -0.15) is 5.10 Å². The van der Waals surface area contributed by atoms with E-state index in [2.05, 4.69) is 20.2 Å². The Morgan fingerprint density at radius 1 is 1.75 bits per heavy atom. The Labute approximate surface area is 90.7 Å².